The Balaban J connectivity index is 2.47. The van der Waals surface area contributed by atoms with Gasteiger partial charge >= 0.3 is 0 Å². The third kappa shape index (κ3) is 2.78. The van der Waals surface area contributed by atoms with E-state index in [0.29, 0.717) is 5.92 Å². The van der Waals surface area contributed by atoms with Gasteiger partial charge < -0.3 is 10.3 Å². The highest BCUT2D eigenvalue weighted by atomic mass is 15.1. The first-order chi connectivity index (χ1) is 9.02. The van der Waals surface area contributed by atoms with Gasteiger partial charge in [-0.05, 0) is 25.0 Å². The molecule has 2 N–H and O–H groups in total. The van der Waals surface area contributed by atoms with Crippen molar-refractivity contribution in [2.24, 2.45) is 5.92 Å². The number of aromatic nitrogens is 3. The van der Waals surface area contributed by atoms with Crippen LogP contribution in [-0.2, 0) is 13.0 Å². The maximum Gasteiger partial charge on any atom is 0.131 e. The lowest BCUT2D eigenvalue weighted by molar-refractivity contribution is 0.513. The molecule has 0 unspecified atom stereocenters. The molecule has 0 amide bonds. The highest BCUT2D eigenvalue weighted by molar-refractivity contribution is 5.70. The molecule has 4 nitrogen and oxygen atoms in total. The van der Waals surface area contributed by atoms with E-state index in [9.17, 15) is 0 Å². The largest absolute Gasteiger partial charge is 0.383 e. The fraction of sp³-hybridized carbons (Fsp3) is 0.467. The van der Waals surface area contributed by atoms with Crippen molar-refractivity contribution in [2.45, 2.75) is 40.7 Å². The Morgan fingerprint density at radius 3 is 2.58 bits per heavy atom. The van der Waals surface area contributed by atoms with E-state index in [1.54, 1.807) is 0 Å². The minimum Gasteiger partial charge on any atom is -0.383 e. The van der Waals surface area contributed by atoms with Gasteiger partial charge in [-0.1, -0.05) is 20.8 Å². The Morgan fingerprint density at radius 2 is 2.05 bits per heavy atom. The van der Waals surface area contributed by atoms with Crippen LogP contribution < -0.4 is 5.73 Å². The smallest absolute Gasteiger partial charge is 0.131 e. The molecule has 0 saturated heterocycles. The lowest BCUT2D eigenvalue weighted by Gasteiger charge is -2.11. The Labute approximate surface area is 114 Å². The molecule has 2 heterocycles. The van der Waals surface area contributed by atoms with Crippen LogP contribution in [0.1, 0.15) is 32.3 Å². The molecule has 2 aromatic heterocycles. The fourth-order valence-corrected chi connectivity index (χ4v) is 2.17. The predicted molar refractivity (Wildman–Crippen MR) is 78.8 cm³/mol. The van der Waals surface area contributed by atoms with E-state index in [0.717, 1.165) is 41.6 Å². The third-order valence-electron chi connectivity index (χ3n) is 3.13. The average molecular weight is 258 g/mol. The SMILES string of the molecule is CCc1nc(-c2ccc(C)nc2)c(N)n1CC(C)C. The summed E-state index contributed by atoms with van der Waals surface area (Å²) in [7, 11) is 0. The zero-order valence-corrected chi connectivity index (χ0v) is 12.1. The van der Waals surface area contributed by atoms with E-state index < -0.39 is 0 Å². The predicted octanol–water partition coefficient (Wildman–Crippen LogP) is 3.05. The van der Waals surface area contributed by atoms with Gasteiger partial charge in [0.25, 0.3) is 0 Å². The number of rotatable bonds is 4. The zero-order chi connectivity index (χ0) is 14.0. The molecule has 102 valence electrons. The number of pyridine rings is 1. The summed E-state index contributed by atoms with van der Waals surface area (Å²) in [5, 5.41) is 0. The first kappa shape index (κ1) is 13.6. The standard InChI is InChI=1S/C15H22N4/c1-5-13-18-14(12-7-6-11(4)17-8-12)15(16)19(13)9-10(2)3/h6-8,10H,5,9,16H2,1-4H3. The molecule has 0 aliphatic rings. The van der Waals surface area contributed by atoms with Crippen LogP contribution in [-0.4, -0.2) is 14.5 Å². The van der Waals surface area contributed by atoms with E-state index in [2.05, 4.69) is 35.3 Å². The normalized spacial score (nSPS) is 11.2. The molecule has 0 aromatic carbocycles. The van der Waals surface area contributed by atoms with Gasteiger partial charge in [-0.3, -0.25) is 4.98 Å². The maximum atomic E-state index is 6.27. The quantitative estimate of drug-likeness (QED) is 0.917. The number of anilines is 1. The second-order valence-electron chi connectivity index (χ2n) is 5.31. The minimum atomic E-state index is 0.547. The van der Waals surface area contributed by atoms with Crippen molar-refractivity contribution in [3.05, 3.63) is 29.8 Å². The van der Waals surface area contributed by atoms with Crippen LogP contribution in [0.4, 0.5) is 5.82 Å². The van der Waals surface area contributed by atoms with Crippen molar-refractivity contribution >= 4 is 5.82 Å². The Morgan fingerprint density at radius 1 is 1.32 bits per heavy atom. The molecule has 0 fully saturated rings. The summed E-state index contributed by atoms with van der Waals surface area (Å²) in [5.74, 6) is 2.34. The monoisotopic (exact) mass is 258 g/mol. The molecule has 0 atom stereocenters. The summed E-state index contributed by atoms with van der Waals surface area (Å²) >= 11 is 0. The molecular weight excluding hydrogens is 236 g/mol. The van der Waals surface area contributed by atoms with Crippen LogP contribution in [0.3, 0.4) is 0 Å². The van der Waals surface area contributed by atoms with E-state index in [4.69, 9.17) is 5.73 Å². The molecule has 19 heavy (non-hydrogen) atoms. The van der Waals surface area contributed by atoms with Crippen molar-refractivity contribution in [1.29, 1.82) is 0 Å². The molecule has 0 saturated carbocycles. The second kappa shape index (κ2) is 5.43. The number of hydrogen-bond acceptors (Lipinski definition) is 3. The summed E-state index contributed by atoms with van der Waals surface area (Å²) in [6, 6.07) is 4.02. The summed E-state index contributed by atoms with van der Waals surface area (Å²) < 4.78 is 2.12. The third-order valence-corrected chi connectivity index (χ3v) is 3.13. The first-order valence-electron chi connectivity index (χ1n) is 6.80. The summed E-state index contributed by atoms with van der Waals surface area (Å²) in [5.41, 5.74) is 9.11. The van der Waals surface area contributed by atoms with Crippen molar-refractivity contribution in [3.63, 3.8) is 0 Å². The topological polar surface area (TPSA) is 56.7 Å². The van der Waals surface area contributed by atoms with E-state index >= 15 is 0 Å². The van der Waals surface area contributed by atoms with Gasteiger partial charge in [0.05, 0.1) is 0 Å². The fourth-order valence-electron chi connectivity index (χ4n) is 2.17. The van der Waals surface area contributed by atoms with E-state index in [-0.39, 0.29) is 0 Å². The van der Waals surface area contributed by atoms with Crippen molar-refractivity contribution < 1.29 is 0 Å². The van der Waals surface area contributed by atoms with Crippen LogP contribution in [0.25, 0.3) is 11.3 Å². The molecule has 2 aromatic rings. The van der Waals surface area contributed by atoms with Gasteiger partial charge in [0.15, 0.2) is 0 Å². The molecule has 2 rings (SSSR count). The number of imidazole rings is 1. The lowest BCUT2D eigenvalue weighted by Crippen LogP contribution is -2.10. The summed E-state index contributed by atoms with van der Waals surface area (Å²) in [6.45, 7) is 9.36. The first-order valence-corrected chi connectivity index (χ1v) is 6.80. The molecule has 4 heteroatoms. The lowest BCUT2D eigenvalue weighted by atomic mass is 10.2. The number of nitrogens with zero attached hydrogens (tertiary/aromatic N) is 3. The summed E-state index contributed by atoms with van der Waals surface area (Å²) in [6.07, 6.45) is 2.73. The Hall–Kier alpha value is -1.84. The molecule has 0 radical (unpaired) electrons. The van der Waals surface area contributed by atoms with Gasteiger partial charge in [0.1, 0.15) is 17.3 Å². The van der Waals surface area contributed by atoms with E-state index in [1.165, 1.54) is 0 Å². The molecule has 0 aliphatic heterocycles. The maximum absolute atomic E-state index is 6.27. The zero-order valence-electron chi connectivity index (χ0n) is 12.1. The van der Waals surface area contributed by atoms with Gasteiger partial charge in [0, 0.05) is 30.4 Å². The summed E-state index contributed by atoms with van der Waals surface area (Å²) in [4.78, 5) is 9.00. The Bertz CT molecular complexity index is 552. The molecule has 0 spiro atoms. The number of hydrogen-bond donors (Lipinski definition) is 1. The van der Waals surface area contributed by atoms with Crippen LogP contribution >= 0.6 is 0 Å². The Kier molecular flexibility index (Phi) is 3.88. The number of nitrogen functional groups attached to an aromatic ring is 1. The van der Waals surface area contributed by atoms with Crippen LogP contribution in [0, 0.1) is 12.8 Å². The average Bonchev–Trinajstić information content (AvgIpc) is 2.67. The van der Waals surface area contributed by atoms with Gasteiger partial charge in [-0.15, -0.1) is 0 Å². The molecular formula is C15H22N4. The minimum absolute atomic E-state index is 0.547. The van der Waals surface area contributed by atoms with Crippen molar-refractivity contribution in [1.82, 2.24) is 14.5 Å². The van der Waals surface area contributed by atoms with E-state index in [1.807, 2.05) is 25.3 Å². The molecule has 0 bridgehead atoms. The van der Waals surface area contributed by atoms with Gasteiger partial charge in [-0.2, -0.15) is 0 Å². The van der Waals surface area contributed by atoms with Crippen LogP contribution in [0.15, 0.2) is 18.3 Å². The number of nitrogens with two attached hydrogens (primary N) is 1. The van der Waals surface area contributed by atoms with Crippen LogP contribution in [0.2, 0.25) is 0 Å². The molecule has 0 aliphatic carbocycles. The van der Waals surface area contributed by atoms with Crippen LogP contribution in [0.5, 0.6) is 0 Å². The highest BCUT2D eigenvalue weighted by Gasteiger charge is 2.15. The second-order valence-corrected chi connectivity index (χ2v) is 5.31. The highest BCUT2D eigenvalue weighted by Crippen LogP contribution is 2.27. The van der Waals surface area contributed by atoms with Gasteiger partial charge in [-0.25, -0.2) is 4.98 Å². The number of aryl methyl sites for hydroxylation is 2. The van der Waals surface area contributed by atoms with Gasteiger partial charge in [0.2, 0.25) is 0 Å². The van der Waals surface area contributed by atoms with Crippen molar-refractivity contribution in [2.75, 3.05) is 5.73 Å². The van der Waals surface area contributed by atoms with Crippen molar-refractivity contribution in [3.8, 4) is 11.3 Å².